The maximum absolute atomic E-state index is 13.3. The van der Waals surface area contributed by atoms with E-state index in [0.717, 1.165) is 18.2 Å². The maximum Gasteiger partial charge on any atom is 0.142 e. The zero-order valence-electron chi connectivity index (χ0n) is 9.32. The van der Waals surface area contributed by atoms with Crippen molar-refractivity contribution < 1.29 is 8.78 Å². The molecule has 0 aliphatic rings. The van der Waals surface area contributed by atoms with Gasteiger partial charge in [-0.1, -0.05) is 0 Å². The fourth-order valence-corrected chi connectivity index (χ4v) is 1.48. The maximum atomic E-state index is 13.3. The molecule has 0 saturated heterocycles. The molecule has 1 aromatic heterocycles. The molecule has 0 fully saturated rings. The Morgan fingerprint density at radius 1 is 1.22 bits per heavy atom. The number of anilines is 1. The molecular weight excluding hydrogens is 236 g/mol. The number of rotatable bonds is 3. The molecular formula is C13H9F2N3. The van der Waals surface area contributed by atoms with E-state index in [1.807, 2.05) is 6.07 Å². The summed E-state index contributed by atoms with van der Waals surface area (Å²) in [5.41, 5.74) is 1.12. The number of hydrogen-bond acceptors (Lipinski definition) is 3. The smallest absolute Gasteiger partial charge is 0.142 e. The summed E-state index contributed by atoms with van der Waals surface area (Å²) in [6.07, 6.45) is 1.48. The molecule has 0 saturated carbocycles. The summed E-state index contributed by atoms with van der Waals surface area (Å²) in [6.45, 7) is 0.137. The van der Waals surface area contributed by atoms with Gasteiger partial charge < -0.3 is 5.32 Å². The first-order valence-electron chi connectivity index (χ1n) is 5.23. The Hall–Kier alpha value is -2.48. The minimum Gasteiger partial charge on any atom is -0.381 e. The van der Waals surface area contributed by atoms with Crippen molar-refractivity contribution in [2.45, 2.75) is 6.54 Å². The van der Waals surface area contributed by atoms with Gasteiger partial charge in [0, 0.05) is 24.0 Å². The number of pyridine rings is 1. The fourth-order valence-electron chi connectivity index (χ4n) is 1.48. The van der Waals surface area contributed by atoms with Gasteiger partial charge in [0.2, 0.25) is 0 Å². The van der Waals surface area contributed by atoms with Crippen LogP contribution in [-0.4, -0.2) is 4.98 Å². The number of nitriles is 1. The van der Waals surface area contributed by atoms with Gasteiger partial charge >= 0.3 is 0 Å². The average Bonchev–Trinajstić information content (AvgIpc) is 2.40. The van der Waals surface area contributed by atoms with Crippen molar-refractivity contribution in [1.29, 1.82) is 5.26 Å². The minimum atomic E-state index is -0.486. The molecule has 0 unspecified atom stereocenters. The lowest BCUT2D eigenvalue weighted by Gasteiger charge is -2.07. The van der Waals surface area contributed by atoms with Crippen molar-refractivity contribution in [1.82, 2.24) is 4.98 Å². The highest BCUT2D eigenvalue weighted by molar-refractivity contribution is 5.46. The van der Waals surface area contributed by atoms with Gasteiger partial charge in [0.15, 0.2) is 0 Å². The van der Waals surface area contributed by atoms with Crippen LogP contribution in [0.5, 0.6) is 0 Å². The van der Waals surface area contributed by atoms with Crippen LogP contribution in [0.2, 0.25) is 0 Å². The van der Waals surface area contributed by atoms with Crippen LogP contribution in [-0.2, 0) is 6.54 Å². The first-order chi connectivity index (χ1) is 8.69. The van der Waals surface area contributed by atoms with E-state index in [4.69, 9.17) is 5.26 Å². The van der Waals surface area contributed by atoms with Gasteiger partial charge in [-0.2, -0.15) is 5.26 Å². The Morgan fingerprint density at radius 3 is 2.83 bits per heavy atom. The van der Waals surface area contributed by atoms with E-state index in [-0.39, 0.29) is 17.8 Å². The molecule has 18 heavy (non-hydrogen) atoms. The van der Waals surface area contributed by atoms with E-state index in [1.165, 1.54) is 12.3 Å². The van der Waals surface area contributed by atoms with Crippen molar-refractivity contribution in [2.24, 2.45) is 0 Å². The molecule has 2 rings (SSSR count). The van der Waals surface area contributed by atoms with Gasteiger partial charge in [0.05, 0.1) is 0 Å². The van der Waals surface area contributed by atoms with Crippen LogP contribution in [0.1, 0.15) is 11.3 Å². The van der Waals surface area contributed by atoms with Crippen LogP contribution in [0, 0.1) is 23.0 Å². The van der Waals surface area contributed by atoms with Gasteiger partial charge in [0.1, 0.15) is 23.4 Å². The Labute approximate surface area is 103 Å². The molecule has 1 heterocycles. The summed E-state index contributed by atoms with van der Waals surface area (Å²) in [5.74, 6) is -0.959. The molecule has 0 aliphatic carbocycles. The molecule has 0 atom stereocenters. The summed E-state index contributed by atoms with van der Waals surface area (Å²) in [4.78, 5) is 3.81. The van der Waals surface area contributed by atoms with Crippen molar-refractivity contribution in [3.63, 3.8) is 0 Å². The highest BCUT2D eigenvalue weighted by Crippen LogP contribution is 2.13. The van der Waals surface area contributed by atoms with E-state index in [1.54, 1.807) is 6.07 Å². The van der Waals surface area contributed by atoms with Gasteiger partial charge in [-0.05, 0) is 30.3 Å². The predicted octanol–water partition coefficient (Wildman–Crippen LogP) is 2.84. The topological polar surface area (TPSA) is 48.7 Å². The normalized spacial score (nSPS) is 9.83. The molecule has 5 heteroatoms. The number of aromatic nitrogens is 1. The van der Waals surface area contributed by atoms with Crippen LogP contribution in [0.4, 0.5) is 14.5 Å². The first-order valence-corrected chi connectivity index (χ1v) is 5.23. The zero-order valence-corrected chi connectivity index (χ0v) is 9.32. The Morgan fingerprint density at radius 2 is 2.06 bits per heavy atom. The molecule has 1 aromatic carbocycles. The monoisotopic (exact) mass is 245 g/mol. The van der Waals surface area contributed by atoms with Crippen LogP contribution < -0.4 is 5.32 Å². The third-order valence-electron chi connectivity index (χ3n) is 2.37. The van der Waals surface area contributed by atoms with Crippen molar-refractivity contribution in [3.8, 4) is 6.07 Å². The van der Waals surface area contributed by atoms with Crippen molar-refractivity contribution in [3.05, 3.63) is 59.4 Å². The summed E-state index contributed by atoms with van der Waals surface area (Å²) in [5, 5.41) is 11.6. The second-order valence-corrected chi connectivity index (χ2v) is 3.63. The summed E-state index contributed by atoms with van der Waals surface area (Å²) in [6, 6.07) is 8.38. The molecule has 3 nitrogen and oxygen atoms in total. The molecule has 0 bridgehead atoms. The molecule has 2 aromatic rings. The second-order valence-electron chi connectivity index (χ2n) is 3.63. The number of hydrogen-bond donors (Lipinski definition) is 1. The largest absolute Gasteiger partial charge is 0.381 e. The van der Waals surface area contributed by atoms with Gasteiger partial charge in [-0.3, -0.25) is 0 Å². The molecule has 0 amide bonds. The lowest BCUT2D eigenvalue weighted by atomic mass is 10.2. The average molecular weight is 245 g/mol. The summed E-state index contributed by atoms with van der Waals surface area (Å²) < 4.78 is 26.3. The molecule has 0 spiro atoms. The van der Waals surface area contributed by atoms with Gasteiger partial charge in [-0.15, -0.1) is 0 Å². The highest BCUT2D eigenvalue weighted by atomic mass is 19.1. The molecule has 0 aliphatic heterocycles. The third kappa shape index (κ3) is 2.80. The third-order valence-corrected chi connectivity index (χ3v) is 2.37. The zero-order chi connectivity index (χ0) is 13.0. The summed E-state index contributed by atoms with van der Waals surface area (Å²) in [7, 11) is 0. The van der Waals surface area contributed by atoms with E-state index in [9.17, 15) is 8.78 Å². The predicted molar refractivity (Wildman–Crippen MR) is 62.6 cm³/mol. The van der Waals surface area contributed by atoms with Crippen molar-refractivity contribution in [2.75, 3.05) is 5.32 Å². The quantitative estimate of drug-likeness (QED) is 0.904. The molecule has 0 radical (unpaired) electrons. The Kier molecular flexibility index (Phi) is 3.49. The second kappa shape index (κ2) is 5.23. The van der Waals surface area contributed by atoms with E-state index >= 15 is 0 Å². The van der Waals surface area contributed by atoms with Gasteiger partial charge in [-0.25, -0.2) is 13.8 Å². The number of nitrogens with one attached hydrogen (secondary N) is 1. The standard InChI is InChI=1S/C13H9F2N3/c14-10-1-2-13(15)9(5-10)8-18-11-3-4-17-12(6-11)7-16/h1-6H,8H2,(H,17,18). The lowest BCUT2D eigenvalue weighted by molar-refractivity contribution is 0.587. The van der Waals surface area contributed by atoms with Crippen LogP contribution in [0.3, 0.4) is 0 Å². The highest BCUT2D eigenvalue weighted by Gasteiger charge is 2.04. The lowest BCUT2D eigenvalue weighted by Crippen LogP contribution is -2.02. The minimum absolute atomic E-state index is 0.137. The van der Waals surface area contributed by atoms with E-state index in [0.29, 0.717) is 5.69 Å². The molecule has 90 valence electrons. The number of halogens is 2. The Balaban J connectivity index is 2.11. The van der Waals surface area contributed by atoms with Crippen molar-refractivity contribution >= 4 is 5.69 Å². The Bertz CT molecular complexity index is 605. The van der Waals surface area contributed by atoms with Crippen LogP contribution >= 0.6 is 0 Å². The van der Waals surface area contributed by atoms with Crippen LogP contribution in [0.25, 0.3) is 0 Å². The van der Waals surface area contributed by atoms with E-state index < -0.39 is 11.6 Å². The van der Waals surface area contributed by atoms with Gasteiger partial charge in [0.25, 0.3) is 0 Å². The first kappa shape index (κ1) is 12.0. The fraction of sp³-hybridized carbons (Fsp3) is 0.0769. The number of benzene rings is 1. The number of nitrogens with zero attached hydrogens (tertiary/aromatic N) is 2. The summed E-state index contributed by atoms with van der Waals surface area (Å²) >= 11 is 0. The SMILES string of the molecule is N#Cc1cc(NCc2cc(F)ccc2F)ccn1. The van der Waals surface area contributed by atoms with E-state index in [2.05, 4.69) is 10.3 Å². The molecule has 1 N–H and O–H groups in total. The van der Waals surface area contributed by atoms with Crippen LogP contribution in [0.15, 0.2) is 36.5 Å².